The second-order valence-electron chi connectivity index (χ2n) is 2.61. The molecule has 2 atom stereocenters. The SMILES string of the molecule is O=C1CCCC2NC12. The van der Waals surface area contributed by atoms with Gasteiger partial charge in [0.05, 0.1) is 6.04 Å². The zero-order valence-electron chi connectivity index (χ0n) is 4.68. The molecule has 44 valence electrons. The topological polar surface area (TPSA) is 39.0 Å². The molecule has 2 fully saturated rings. The lowest BCUT2D eigenvalue weighted by molar-refractivity contribution is -0.119. The molecule has 0 aromatic carbocycles. The zero-order chi connectivity index (χ0) is 5.56. The molecule has 1 aliphatic heterocycles. The summed E-state index contributed by atoms with van der Waals surface area (Å²) in [5.41, 5.74) is 0. The van der Waals surface area contributed by atoms with Crippen molar-refractivity contribution in [3.8, 4) is 0 Å². The fraction of sp³-hybridized carbons (Fsp3) is 0.833. The lowest BCUT2D eigenvalue weighted by Gasteiger charge is -2.02. The molecule has 1 heterocycles. The number of ketones is 1. The highest BCUT2D eigenvalue weighted by Crippen LogP contribution is 2.25. The van der Waals surface area contributed by atoms with Crippen LogP contribution in [-0.2, 0) is 4.79 Å². The first-order valence-corrected chi connectivity index (χ1v) is 3.17. The fourth-order valence-corrected chi connectivity index (χ4v) is 1.39. The van der Waals surface area contributed by atoms with Gasteiger partial charge in [0, 0.05) is 12.5 Å². The number of Topliss-reactive ketones (excluding diaryl/α,β-unsaturated/α-hetero) is 1. The first-order valence-electron chi connectivity index (χ1n) is 3.17. The van der Waals surface area contributed by atoms with E-state index in [2.05, 4.69) is 5.32 Å². The highest BCUT2D eigenvalue weighted by Gasteiger charge is 2.43. The largest absolute Gasteiger partial charge is 0.301 e. The summed E-state index contributed by atoms with van der Waals surface area (Å²) in [4.78, 5) is 10.8. The monoisotopic (exact) mass is 111 g/mol. The zero-order valence-corrected chi connectivity index (χ0v) is 4.68. The van der Waals surface area contributed by atoms with E-state index in [0.717, 1.165) is 12.8 Å². The van der Waals surface area contributed by atoms with Crippen LogP contribution in [0.25, 0.3) is 0 Å². The molecule has 0 aromatic heterocycles. The van der Waals surface area contributed by atoms with Gasteiger partial charge in [-0.05, 0) is 12.8 Å². The van der Waals surface area contributed by atoms with Crippen LogP contribution in [0.1, 0.15) is 19.3 Å². The minimum absolute atomic E-state index is 0.281. The van der Waals surface area contributed by atoms with Crippen LogP contribution in [0.3, 0.4) is 0 Å². The Morgan fingerprint density at radius 2 is 2.50 bits per heavy atom. The Morgan fingerprint density at radius 1 is 1.62 bits per heavy atom. The van der Waals surface area contributed by atoms with Gasteiger partial charge >= 0.3 is 0 Å². The lowest BCUT2D eigenvalue weighted by atomic mass is 10.00. The van der Waals surface area contributed by atoms with Crippen LogP contribution in [0.2, 0.25) is 0 Å². The molecule has 2 aliphatic rings. The molecule has 0 aromatic rings. The highest BCUT2D eigenvalue weighted by atomic mass is 16.1. The second-order valence-corrected chi connectivity index (χ2v) is 2.61. The van der Waals surface area contributed by atoms with E-state index in [9.17, 15) is 4.79 Å². The molecule has 0 spiro atoms. The van der Waals surface area contributed by atoms with Crippen molar-refractivity contribution in [3.05, 3.63) is 0 Å². The number of carbonyl (C=O) groups excluding carboxylic acids is 1. The standard InChI is InChI=1S/C6H9NO/c8-5-3-1-2-4-6(5)7-4/h4,6-7H,1-3H2. The number of fused-ring (bicyclic) bond motifs is 1. The van der Waals surface area contributed by atoms with Crippen LogP contribution in [0, 0.1) is 0 Å². The van der Waals surface area contributed by atoms with E-state index >= 15 is 0 Å². The Labute approximate surface area is 48.3 Å². The quantitative estimate of drug-likeness (QED) is 0.449. The molecule has 2 unspecified atom stereocenters. The third kappa shape index (κ3) is 0.494. The summed E-state index contributed by atoms with van der Waals surface area (Å²) in [6.07, 6.45) is 3.14. The van der Waals surface area contributed by atoms with Crippen molar-refractivity contribution in [1.29, 1.82) is 0 Å². The van der Waals surface area contributed by atoms with Crippen LogP contribution in [0.5, 0.6) is 0 Å². The van der Waals surface area contributed by atoms with E-state index < -0.39 is 0 Å². The summed E-state index contributed by atoms with van der Waals surface area (Å²) < 4.78 is 0. The maximum absolute atomic E-state index is 10.8. The molecular weight excluding hydrogens is 102 g/mol. The summed E-state index contributed by atoms with van der Waals surface area (Å²) in [5.74, 6) is 0.432. The van der Waals surface area contributed by atoms with Gasteiger partial charge in [0.15, 0.2) is 5.78 Å². The summed E-state index contributed by atoms with van der Waals surface area (Å²) in [5, 5.41) is 3.13. The van der Waals surface area contributed by atoms with Gasteiger partial charge in [-0.2, -0.15) is 0 Å². The molecule has 8 heavy (non-hydrogen) atoms. The van der Waals surface area contributed by atoms with Crippen LogP contribution < -0.4 is 5.32 Å². The molecule has 1 saturated carbocycles. The Kier molecular flexibility index (Phi) is 0.742. The van der Waals surface area contributed by atoms with Gasteiger partial charge in [0.1, 0.15) is 0 Å². The first kappa shape index (κ1) is 4.50. The maximum Gasteiger partial charge on any atom is 0.151 e. The van der Waals surface area contributed by atoms with E-state index in [1.54, 1.807) is 0 Å². The molecule has 1 aliphatic carbocycles. The van der Waals surface area contributed by atoms with E-state index in [4.69, 9.17) is 0 Å². The Morgan fingerprint density at radius 3 is 3.12 bits per heavy atom. The molecule has 2 heteroatoms. The van der Waals surface area contributed by atoms with Crippen LogP contribution in [-0.4, -0.2) is 17.9 Å². The van der Waals surface area contributed by atoms with Gasteiger partial charge in [-0.1, -0.05) is 0 Å². The fourth-order valence-electron chi connectivity index (χ4n) is 1.39. The molecule has 2 rings (SSSR count). The molecule has 0 radical (unpaired) electrons. The molecule has 0 amide bonds. The Bertz CT molecular complexity index is 132. The molecule has 1 saturated heterocycles. The number of hydrogen-bond donors (Lipinski definition) is 1. The van der Waals surface area contributed by atoms with Crippen molar-refractivity contribution < 1.29 is 4.79 Å². The summed E-state index contributed by atoms with van der Waals surface area (Å²) in [6, 6.07) is 0.861. The summed E-state index contributed by atoms with van der Waals surface area (Å²) >= 11 is 0. The van der Waals surface area contributed by atoms with Crippen LogP contribution in [0.15, 0.2) is 0 Å². The number of carbonyl (C=O) groups is 1. The van der Waals surface area contributed by atoms with E-state index in [1.807, 2.05) is 0 Å². The van der Waals surface area contributed by atoms with Crippen molar-refractivity contribution in [1.82, 2.24) is 5.32 Å². The average Bonchev–Trinajstić information content (AvgIpc) is 2.45. The average molecular weight is 111 g/mol. The van der Waals surface area contributed by atoms with Gasteiger partial charge in [-0.3, -0.25) is 4.79 Å². The van der Waals surface area contributed by atoms with Gasteiger partial charge in [0.25, 0.3) is 0 Å². The van der Waals surface area contributed by atoms with Crippen molar-refractivity contribution in [2.24, 2.45) is 0 Å². The van der Waals surface area contributed by atoms with Crippen LogP contribution >= 0.6 is 0 Å². The summed E-state index contributed by atoms with van der Waals surface area (Å²) in [6.45, 7) is 0. The number of hydrogen-bond acceptors (Lipinski definition) is 2. The highest BCUT2D eigenvalue weighted by molar-refractivity contribution is 5.88. The molecule has 1 N–H and O–H groups in total. The third-order valence-corrected chi connectivity index (χ3v) is 1.97. The Balaban J connectivity index is 2.08. The summed E-state index contributed by atoms with van der Waals surface area (Å²) in [7, 11) is 0. The molecule has 0 bridgehead atoms. The third-order valence-electron chi connectivity index (χ3n) is 1.97. The first-order chi connectivity index (χ1) is 3.88. The van der Waals surface area contributed by atoms with Crippen LogP contribution in [0.4, 0.5) is 0 Å². The van der Waals surface area contributed by atoms with Crippen molar-refractivity contribution in [2.75, 3.05) is 0 Å². The predicted octanol–water partition coefficient (Wildman–Crippen LogP) is 0.0798. The van der Waals surface area contributed by atoms with Crippen molar-refractivity contribution in [2.45, 2.75) is 31.3 Å². The minimum atomic E-state index is 0.281. The van der Waals surface area contributed by atoms with Gasteiger partial charge in [-0.25, -0.2) is 0 Å². The lowest BCUT2D eigenvalue weighted by Crippen LogP contribution is -2.14. The normalized spacial score (nSPS) is 43.8. The van der Waals surface area contributed by atoms with E-state index in [-0.39, 0.29) is 6.04 Å². The van der Waals surface area contributed by atoms with Gasteiger partial charge in [0.2, 0.25) is 0 Å². The minimum Gasteiger partial charge on any atom is -0.301 e. The van der Waals surface area contributed by atoms with E-state index in [0.29, 0.717) is 11.8 Å². The maximum atomic E-state index is 10.8. The number of nitrogens with one attached hydrogen (secondary N) is 1. The van der Waals surface area contributed by atoms with Crippen molar-refractivity contribution >= 4 is 5.78 Å². The number of rotatable bonds is 0. The molecule has 2 nitrogen and oxygen atoms in total. The van der Waals surface area contributed by atoms with Gasteiger partial charge < -0.3 is 5.32 Å². The molecular formula is C6H9NO. The Hall–Kier alpha value is -0.370. The predicted molar refractivity (Wildman–Crippen MR) is 29.6 cm³/mol. The van der Waals surface area contributed by atoms with E-state index in [1.165, 1.54) is 6.42 Å². The second kappa shape index (κ2) is 1.32. The van der Waals surface area contributed by atoms with Crippen molar-refractivity contribution in [3.63, 3.8) is 0 Å². The smallest absolute Gasteiger partial charge is 0.151 e. The van der Waals surface area contributed by atoms with Gasteiger partial charge in [-0.15, -0.1) is 0 Å².